The Morgan fingerprint density at radius 1 is 0.564 bits per heavy atom. The Hall–Kier alpha value is -10.5. The van der Waals surface area contributed by atoms with Gasteiger partial charge in [0.25, 0.3) is 29.5 Å². The van der Waals surface area contributed by atoms with E-state index in [-0.39, 0.29) is 129 Å². The molecule has 0 spiro atoms. The molecule has 481 valence electrons. The quantitative estimate of drug-likeness (QED) is 0.0308. The van der Waals surface area contributed by atoms with Crippen LogP contribution in [0.1, 0.15) is 82.3 Å². The molecule has 26 nitrogen and oxygen atoms in total. The summed E-state index contributed by atoms with van der Waals surface area (Å²) in [5, 5.41) is 28.0. The van der Waals surface area contributed by atoms with Gasteiger partial charge in [-0.3, -0.25) is 38.4 Å². The summed E-state index contributed by atoms with van der Waals surface area (Å²) in [5.41, 5.74) is 19.8. The molecule has 3 aliphatic rings. The van der Waals surface area contributed by atoms with Crippen LogP contribution in [0.15, 0.2) is 109 Å². The van der Waals surface area contributed by atoms with Gasteiger partial charge in [0.15, 0.2) is 40.6 Å². The summed E-state index contributed by atoms with van der Waals surface area (Å²) >= 11 is 24.5. The van der Waals surface area contributed by atoms with E-state index in [1.807, 2.05) is 0 Å². The molecular weight excluding hydrogens is 1310 g/mol. The minimum Gasteiger partial charge on any atom is -0.527 e. The first kappa shape index (κ1) is 71.0. The van der Waals surface area contributed by atoms with Crippen LogP contribution in [-0.2, 0) is 19.0 Å². The number of anilines is 5. The highest BCUT2D eigenvalue weighted by atomic mass is 35.5. The molecule has 5 aromatic carbocycles. The highest BCUT2D eigenvalue weighted by Crippen LogP contribution is 2.38. The number of aromatic nitrogens is 4. The minimum absolute atomic E-state index is 0. The molecule has 7 aromatic rings. The summed E-state index contributed by atoms with van der Waals surface area (Å²) in [6.07, 6.45) is -0.0203. The van der Waals surface area contributed by atoms with Gasteiger partial charge in [0.2, 0.25) is 17.7 Å². The van der Waals surface area contributed by atoms with Crippen molar-refractivity contribution in [3.05, 3.63) is 180 Å². The van der Waals surface area contributed by atoms with Crippen molar-refractivity contribution >= 4 is 139 Å². The maximum atomic E-state index is 14.1. The number of nitrogens with two attached hydrogens (primary N) is 3. The average Bonchev–Trinajstić information content (AvgIpc) is 0.828. The number of rotatable bonds is 13. The van der Waals surface area contributed by atoms with Crippen molar-refractivity contribution in [2.24, 2.45) is 0 Å². The van der Waals surface area contributed by atoms with E-state index in [2.05, 4.69) is 63.7 Å². The molecule has 3 saturated heterocycles. The van der Waals surface area contributed by atoms with Crippen LogP contribution in [0.3, 0.4) is 0 Å². The van der Waals surface area contributed by atoms with Gasteiger partial charge in [-0.1, -0.05) is 46.4 Å². The molecule has 2 atom stereocenters. The summed E-state index contributed by atoms with van der Waals surface area (Å²) in [6, 6.07) is 26.2. The maximum Gasteiger partial charge on any atom is 0.392 e. The molecule has 11 N–H and O–H groups in total. The van der Waals surface area contributed by atoms with Crippen LogP contribution in [0.25, 0.3) is 0 Å². The molecule has 3 fully saturated rings. The number of nitrogen functional groups attached to an aromatic ring is 3. The van der Waals surface area contributed by atoms with Crippen LogP contribution in [0.5, 0.6) is 11.5 Å². The number of carbonyl (C=O) groups is 8. The van der Waals surface area contributed by atoms with Crippen molar-refractivity contribution in [3.8, 4) is 23.5 Å². The van der Waals surface area contributed by atoms with E-state index in [0.717, 1.165) is 12.1 Å². The SMILES string of the molecule is C[C@@H](Oc1cc(C(=O)Nc2ccc(C(=O)N3CCNC(=O)C3)cc2)nnc1N)c1c(Cl)ccc(F)c1Cl.Nc1ccc(C(=O)N2CCNC(=O)C2)cc1.[B].[B]OC#C[C@@H](Oc1cc(C(=O)Nc2ccc(C(=O)N3CCNC(=O)C3)cc2)nnc1N)c1c(Cl)ccc(F)c1Cl. The van der Waals surface area contributed by atoms with Crippen LogP contribution in [0.4, 0.5) is 37.5 Å². The number of piperazine rings is 3. The number of hydrogen-bond donors (Lipinski definition) is 8. The fraction of sp³-hybridized carbons (Fsp3) is 0.200. The second-order valence-corrected chi connectivity index (χ2v) is 21.6. The lowest BCUT2D eigenvalue weighted by Gasteiger charge is -2.26. The minimum atomic E-state index is -1.32. The Morgan fingerprint density at radius 2 is 0.936 bits per heavy atom. The Balaban J connectivity index is 0.000000214. The highest BCUT2D eigenvalue weighted by Gasteiger charge is 2.28. The predicted octanol–water partition coefficient (Wildman–Crippen LogP) is 5.44. The van der Waals surface area contributed by atoms with Crippen molar-refractivity contribution in [2.75, 3.05) is 86.7 Å². The number of nitrogens with zero attached hydrogens (tertiary/aromatic N) is 7. The van der Waals surface area contributed by atoms with E-state index in [1.165, 1.54) is 63.2 Å². The number of nitrogens with one attached hydrogen (secondary N) is 5. The molecule has 94 heavy (non-hydrogen) atoms. The molecule has 5 radical (unpaired) electrons. The van der Waals surface area contributed by atoms with Crippen LogP contribution in [0, 0.1) is 23.7 Å². The van der Waals surface area contributed by atoms with Gasteiger partial charge in [-0.25, -0.2) is 8.78 Å². The first-order valence-electron chi connectivity index (χ1n) is 27.6. The second-order valence-electron chi connectivity index (χ2n) is 20.0. The van der Waals surface area contributed by atoms with Gasteiger partial charge in [0.1, 0.15) is 17.7 Å². The average molecular weight is 1360 g/mol. The molecule has 0 bridgehead atoms. The topological polar surface area (TPSA) is 364 Å². The Kier molecular flexibility index (Phi) is 24.7. The normalized spacial score (nSPS) is 13.9. The zero-order valence-corrected chi connectivity index (χ0v) is 52.2. The van der Waals surface area contributed by atoms with Crippen molar-refractivity contribution in [1.29, 1.82) is 0 Å². The van der Waals surface area contributed by atoms with Crippen molar-refractivity contribution in [1.82, 2.24) is 51.0 Å². The number of carbonyl (C=O) groups excluding carboxylic acids is 8. The number of ether oxygens (including phenoxy) is 2. The van der Waals surface area contributed by atoms with E-state index < -0.39 is 35.7 Å². The lowest BCUT2D eigenvalue weighted by atomic mass is 10.1. The van der Waals surface area contributed by atoms with Gasteiger partial charge in [-0.15, -0.1) is 20.4 Å². The molecule has 2 aromatic heterocycles. The van der Waals surface area contributed by atoms with Gasteiger partial charge in [0, 0.05) is 110 Å². The summed E-state index contributed by atoms with van der Waals surface area (Å²) in [6.45, 7) is 4.33. The smallest absolute Gasteiger partial charge is 0.392 e. The van der Waals surface area contributed by atoms with E-state index in [9.17, 15) is 47.1 Å². The first-order chi connectivity index (χ1) is 44.5. The Labute approximate surface area is 557 Å². The monoisotopic (exact) mass is 1360 g/mol. The van der Waals surface area contributed by atoms with Crippen LogP contribution >= 0.6 is 46.4 Å². The zero-order valence-electron chi connectivity index (χ0n) is 49.2. The van der Waals surface area contributed by atoms with Gasteiger partial charge in [-0.05, 0) is 110 Å². The van der Waals surface area contributed by atoms with E-state index in [4.69, 9.17) is 81.1 Å². The third kappa shape index (κ3) is 18.4. The Bertz CT molecular complexity index is 4090. The van der Waals surface area contributed by atoms with Crippen molar-refractivity contribution in [3.63, 3.8) is 0 Å². The van der Waals surface area contributed by atoms with Gasteiger partial charge in [-0.2, -0.15) is 0 Å². The van der Waals surface area contributed by atoms with Gasteiger partial charge in [0.05, 0.1) is 40.8 Å². The number of benzene rings is 5. The van der Waals surface area contributed by atoms with Crippen molar-refractivity contribution in [2.45, 2.75) is 19.1 Å². The summed E-state index contributed by atoms with van der Waals surface area (Å²) < 4.78 is 43.9. The molecule has 5 heterocycles. The predicted molar refractivity (Wildman–Crippen MR) is 345 cm³/mol. The van der Waals surface area contributed by atoms with E-state index >= 15 is 0 Å². The Morgan fingerprint density at radius 3 is 1.33 bits per heavy atom. The molecule has 0 saturated carbocycles. The third-order valence-corrected chi connectivity index (χ3v) is 15.0. The molecule has 10 rings (SSSR count). The number of halogens is 6. The first-order valence-corrected chi connectivity index (χ1v) is 29.1. The highest BCUT2D eigenvalue weighted by molar-refractivity contribution is 6.36. The van der Waals surface area contributed by atoms with Gasteiger partial charge < -0.3 is 72.6 Å². The summed E-state index contributed by atoms with van der Waals surface area (Å²) in [7, 11) is 4.98. The molecule has 8 amide bonds. The second kappa shape index (κ2) is 32.7. The van der Waals surface area contributed by atoms with Crippen LogP contribution < -0.4 is 53.3 Å². The van der Waals surface area contributed by atoms with Crippen LogP contribution in [-0.4, -0.2) is 158 Å². The standard InChI is InChI=1S/C25H18BCl2FN6O5.C24H21Cl2FN6O4.C11H13N3O2.B/c26-39-10-7-18(21-15(27)5-6-16(29)22(21)28)40-19-11-17(33-34-23(19)30)24(37)32-14-3-1-13(2-4-14)25(38)35-9-8-31-20(36)12-35;1-12(20-15(25)6-7-16(27)21(20)26)37-18-10-17(31-32-22(18)28)23(35)30-14-4-2-13(3-5-14)24(36)33-9-8-29-19(34)11-33;12-9-3-1-8(2-4-9)11(16)14-6-5-13-10(15)7-14;/h1-6,11,18H,8-9,12H2,(H2,30,34)(H,31,36)(H,32,37);2-7,10,12H,8-9,11H2,1H3,(H2,28,32)(H,29,34)(H,30,35);1-4H,5-7,12H2,(H,13,15);/t18-;12-;;/m11../s1. The molecule has 0 aliphatic carbocycles. The van der Waals surface area contributed by atoms with Crippen LogP contribution in [0.2, 0.25) is 20.1 Å². The zero-order chi connectivity index (χ0) is 67.0. The number of amides is 8. The lowest BCUT2D eigenvalue weighted by molar-refractivity contribution is -0.124. The lowest BCUT2D eigenvalue weighted by Crippen LogP contribution is -2.49. The third-order valence-electron chi connectivity index (χ3n) is 13.6. The molecule has 0 unspecified atom stereocenters. The molecule has 34 heteroatoms. The summed E-state index contributed by atoms with van der Waals surface area (Å²) in [5.74, 6) is -1.96. The van der Waals surface area contributed by atoms with E-state index in [0.29, 0.717) is 73.0 Å². The molecular formula is C60H52B2Cl4F2N15O11. The number of hydrogen-bond acceptors (Lipinski definition) is 18. The van der Waals surface area contributed by atoms with Gasteiger partial charge >= 0.3 is 8.05 Å². The van der Waals surface area contributed by atoms with E-state index in [1.54, 1.807) is 55.5 Å². The fourth-order valence-electron chi connectivity index (χ4n) is 8.89. The van der Waals surface area contributed by atoms with Crippen molar-refractivity contribution < 1.29 is 61.3 Å². The molecule has 3 aliphatic heterocycles. The largest absolute Gasteiger partial charge is 0.527 e. The fourth-order valence-corrected chi connectivity index (χ4v) is 10.1. The maximum absolute atomic E-state index is 14.1. The summed E-state index contributed by atoms with van der Waals surface area (Å²) in [4.78, 5) is 101.